The Kier molecular flexibility index (Phi) is 7.33. The van der Waals surface area contributed by atoms with E-state index in [9.17, 15) is 9.59 Å². The number of fused-ring (bicyclic) bond motifs is 3. The minimum absolute atomic E-state index is 0.0884. The predicted octanol–water partition coefficient (Wildman–Crippen LogP) is 5.93. The zero-order valence-corrected chi connectivity index (χ0v) is 18.7. The molecule has 4 nitrogen and oxygen atoms in total. The third kappa shape index (κ3) is 5.08. The fourth-order valence-electron chi connectivity index (χ4n) is 4.49. The second-order valence-electron chi connectivity index (χ2n) is 8.74. The van der Waals surface area contributed by atoms with Crippen molar-refractivity contribution in [2.24, 2.45) is 5.73 Å². The lowest BCUT2D eigenvalue weighted by Crippen LogP contribution is -2.27. The Morgan fingerprint density at radius 3 is 1.84 bits per heavy atom. The summed E-state index contributed by atoms with van der Waals surface area (Å²) in [6.45, 7) is 1.51. The molecule has 3 N–H and O–H groups in total. The summed E-state index contributed by atoms with van der Waals surface area (Å²) in [5.41, 5.74) is 6.94. The highest BCUT2D eigenvalue weighted by Gasteiger charge is 2.26. The van der Waals surface area contributed by atoms with Crippen molar-refractivity contribution in [2.75, 3.05) is 13.1 Å². The zero-order chi connectivity index (χ0) is 22.3. The van der Waals surface area contributed by atoms with Gasteiger partial charge in [0.15, 0.2) is 5.78 Å². The number of rotatable bonds is 11. The number of carbonyl (C=O) groups is 2. The minimum atomic E-state index is -0.102. The molecule has 0 saturated carbocycles. The Morgan fingerprint density at radius 1 is 0.656 bits per heavy atom. The van der Waals surface area contributed by atoms with E-state index < -0.39 is 0 Å². The topological polar surface area (TPSA) is 72.2 Å². The second kappa shape index (κ2) is 10.6. The largest absolute Gasteiger partial charge is 0.382 e. The van der Waals surface area contributed by atoms with Crippen LogP contribution in [0.25, 0.3) is 21.5 Å². The lowest BCUT2D eigenvalue weighted by atomic mass is 9.89. The van der Waals surface area contributed by atoms with E-state index in [2.05, 4.69) is 29.6 Å². The lowest BCUT2D eigenvalue weighted by Gasteiger charge is -2.18. The molecule has 3 aromatic rings. The molecular formula is C28H32N2O2. The number of benzene rings is 3. The van der Waals surface area contributed by atoms with E-state index in [1.165, 1.54) is 38.2 Å². The Labute approximate surface area is 189 Å². The van der Waals surface area contributed by atoms with E-state index in [0.29, 0.717) is 23.4 Å². The maximum absolute atomic E-state index is 13.1. The van der Waals surface area contributed by atoms with Crippen molar-refractivity contribution in [2.45, 2.75) is 51.4 Å². The Bertz CT molecular complexity index is 1160. The van der Waals surface area contributed by atoms with Crippen LogP contribution in [0.3, 0.4) is 0 Å². The number of carbonyl (C=O) groups excluding carboxylic acids is 2. The van der Waals surface area contributed by atoms with Gasteiger partial charge in [-0.25, -0.2) is 0 Å². The van der Waals surface area contributed by atoms with E-state index in [-0.39, 0.29) is 11.6 Å². The third-order valence-corrected chi connectivity index (χ3v) is 6.32. The number of unbranched alkanes of at least 4 members (excludes halogenated alkanes) is 7. The number of ketones is 2. The maximum Gasteiger partial charge on any atom is 0.209 e. The van der Waals surface area contributed by atoms with Crippen molar-refractivity contribution in [3.8, 4) is 0 Å². The molecule has 166 valence electrons. The van der Waals surface area contributed by atoms with Gasteiger partial charge in [0.25, 0.3) is 0 Å². The van der Waals surface area contributed by atoms with Crippen molar-refractivity contribution in [1.82, 2.24) is 5.32 Å². The van der Waals surface area contributed by atoms with Crippen molar-refractivity contribution < 1.29 is 9.59 Å². The molecule has 4 heteroatoms. The standard InChI is InChI=1S/C28H32N2O2/c29-13-9-5-3-1-2-4-6-10-14-30-26-19-27(31)24-17-22-15-20-11-7-8-12-21(20)16-23(22)18-25(24)28(26)32/h7-8,11-12,15-19,30H,1-6,9-10,13-14,29H2. The average Bonchev–Trinajstić information content (AvgIpc) is 2.81. The van der Waals surface area contributed by atoms with Crippen LogP contribution < -0.4 is 11.1 Å². The molecule has 1 aliphatic rings. The first-order valence-corrected chi connectivity index (χ1v) is 11.9. The van der Waals surface area contributed by atoms with Gasteiger partial charge in [0.2, 0.25) is 5.78 Å². The van der Waals surface area contributed by atoms with Gasteiger partial charge in [0.1, 0.15) is 0 Å². The van der Waals surface area contributed by atoms with E-state index in [0.717, 1.165) is 47.4 Å². The van der Waals surface area contributed by atoms with Crippen LogP contribution in [0.2, 0.25) is 0 Å². The highest BCUT2D eigenvalue weighted by molar-refractivity contribution is 6.26. The fraction of sp³-hybridized carbons (Fsp3) is 0.357. The molecule has 3 aromatic carbocycles. The summed E-state index contributed by atoms with van der Waals surface area (Å²) in [5, 5.41) is 7.44. The highest BCUT2D eigenvalue weighted by Crippen LogP contribution is 2.29. The number of hydrogen-bond acceptors (Lipinski definition) is 4. The van der Waals surface area contributed by atoms with Gasteiger partial charge in [-0.2, -0.15) is 0 Å². The molecule has 0 amide bonds. The van der Waals surface area contributed by atoms with E-state index in [1.54, 1.807) is 0 Å². The molecule has 0 heterocycles. The van der Waals surface area contributed by atoms with Crippen LogP contribution in [0, 0.1) is 0 Å². The van der Waals surface area contributed by atoms with Crippen LogP contribution in [-0.2, 0) is 0 Å². The number of Topliss-reactive ketones (excluding diaryl/α,β-unsaturated/α-hetero) is 1. The number of nitrogens with two attached hydrogens (primary N) is 1. The molecule has 0 atom stereocenters. The van der Waals surface area contributed by atoms with Crippen molar-refractivity contribution >= 4 is 33.1 Å². The minimum Gasteiger partial charge on any atom is -0.382 e. The molecule has 0 fully saturated rings. The quantitative estimate of drug-likeness (QED) is 0.293. The van der Waals surface area contributed by atoms with Gasteiger partial charge < -0.3 is 11.1 Å². The third-order valence-electron chi connectivity index (χ3n) is 6.32. The first-order chi connectivity index (χ1) is 15.7. The van der Waals surface area contributed by atoms with Crippen LogP contribution in [0.4, 0.5) is 0 Å². The van der Waals surface area contributed by atoms with Crippen LogP contribution in [-0.4, -0.2) is 24.7 Å². The Morgan fingerprint density at radius 2 is 1.22 bits per heavy atom. The summed E-state index contributed by atoms with van der Waals surface area (Å²) in [6.07, 6.45) is 10.9. The smallest absolute Gasteiger partial charge is 0.209 e. The van der Waals surface area contributed by atoms with Gasteiger partial charge >= 0.3 is 0 Å². The van der Waals surface area contributed by atoms with Crippen LogP contribution in [0.1, 0.15) is 72.1 Å². The molecule has 32 heavy (non-hydrogen) atoms. The lowest BCUT2D eigenvalue weighted by molar-refractivity contribution is 0.0978. The number of allylic oxidation sites excluding steroid dienone is 2. The number of nitrogens with one attached hydrogen (secondary N) is 1. The summed E-state index contributed by atoms with van der Waals surface area (Å²) in [7, 11) is 0. The summed E-state index contributed by atoms with van der Waals surface area (Å²) < 4.78 is 0. The molecule has 4 rings (SSSR count). The molecule has 0 bridgehead atoms. The first kappa shape index (κ1) is 22.2. The molecule has 0 aromatic heterocycles. The molecule has 1 aliphatic carbocycles. The number of hydrogen-bond donors (Lipinski definition) is 2. The van der Waals surface area contributed by atoms with Gasteiger partial charge in [-0.3, -0.25) is 9.59 Å². The van der Waals surface area contributed by atoms with Crippen molar-refractivity contribution in [3.05, 3.63) is 71.4 Å². The van der Waals surface area contributed by atoms with Crippen LogP contribution in [0.5, 0.6) is 0 Å². The van der Waals surface area contributed by atoms with Crippen LogP contribution >= 0.6 is 0 Å². The van der Waals surface area contributed by atoms with Gasteiger partial charge in [0.05, 0.1) is 5.70 Å². The summed E-state index contributed by atoms with van der Waals surface area (Å²) >= 11 is 0. The fourth-order valence-corrected chi connectivity index (χ4v) is 4.49. The first-order valence-electron chi connectivity index (χ1n) is 11.9. The molecule has 0 unspecified atom stereocenters. The van der Waals surface area contributed by atoms with E-state index >= 15 is 0 Å². The molecule has 0 saturated heterocycles. The second-order valence-corrected chi connectivity index (χ2v) is 8.74. The van der Waals surface area contributed by atoms with Gasteiger partial charge in [-0.05, 0) is 65.2 Å². The molecule has 0 radical (unpaired) electrons. The monoisotopic (exact) mass is 428 g/mol. The molecule has 0 aliphatic heterocycles. The predicted molar refractivity (Wildman–Crippen MR) is 132 cm³/mol. The van der Waals surface area contributed by atoms with Crippen molar-refractivity contribution in [3.63, 3.8) is 0 Å². The SMILES string of the molecule is NCCCCCCCCCCNC1=CC(=O)c2cc3cc4ccccc4cc3cc2C1=O. The Hall–Kier alpha value is -2.98. The van der Waals surface area contributed by atoms with Crippen molar-refractivity contribution in [1.29, 1.82) is 0 Å². The summed E-state index contributed by atoms with van der Waals surface area (Å²) in [6, 6.07) is 16.0. The zero-order valence-electron chi connectivity index (χ0n) is 18.7. The Balaban J connectivity index is 1.36. The molecular weight excluding hydrogens is 396 g/mol. The maximum atomic E-state index is 13.1. The summed E-state index contributed by atoms with van der Waals surface area (Å²) in [4.78, 5) is 25.8. The normalized spacial score (nSPS) is 13.5. The van der Waals surface area contributed by atoms with Gasteiger partial charge in [-0.1, -0.05) is 62.8 Å². The summed E-state index contributed by atoms with van der Waals surface area (Å²) in [5.74, 6) is -0.191. The van der Waals surface area contributed by atoms with E-state index in [4.69, 9.17) is 5.73 Å². The van der Waals surface area contributed by atoms with Gasteiger partial charge in [0, 0.05) is 23.7 Å². The average molecular weight is 429 g/mol. The van der Waals surface area contributed by atoms with Gasteiger partial charge in [-0.15, -0.1) is 0 Å². The molecule has 0 spiro atoms. The highest BCUT2D eigenvalue weighted by atomic mass is 16.1. The van der Waals surface area contributed by atoms with Crippen LogP contribution in [0.15, 0.2) is 60.3 Å². The van der Waals surface area contributed by atoms with E-state index in [1.807, 2.05) is 24.3 Å².